The smallest absolute Gasteiger partial charge is 0.255 e. The van der Waals surface area contributed by atoms with Gasteiger partial charge in [-0.1, -0.05) is 0 Å². The summed E-state index contributed by atoms with van der Waals surface area (Å²) in [5.41, 5.74) is 6.23. The van der Waals surface area contributed by atoms with Crippen molar-refractivity contribution in [2.45, 2.75) is 6.92 Å². The van der Waals surface area contributed by atoms with E-state index in [9.17, 15) is 9.18 Å². The first-order chi connectivity index (χ1) is 17.0. The third kappa shape index (κ3) is 5.25. The molecule has 3 N–H and O–H groups in total. The van der Waals surface area contributed by atoms with Gasteiger partial charge in [-0.05, 0) is 91.9 Å². The van der Waals surface area contributed by atoms with E-state index in [2.05, 4.69) is 25.9 Å². The first kappa shape index (κ1) is 22.0. The van der Waals surface area contributed by atoms with Gasteiger partial charge in [0.05, 0.1) is 5.52 Å². The summed E-state index contributed by atoms with van der Waals surface area (Å²) in [5, 5.41) is 10.2. The summed E-state index contributed by atoms with van der Waals surface area (Å²) >= 11 is 0. The van der Waals surface area contributed by atoms with Gasteiger partial charge in [-0.15, -0.1) is 0 Å². The van der Waals surface area contributed by atoms with Crippen molar-refractivity contribution in [3.05, 3.63) is 114 Å². The second kappa shape index (κ2) is 9.61. The number of fused-ring (bicyclic) bond motifs is 1. The van der Waals surface area contributed by atoms with Crippen molar-refractivity contribution in [3.63, 3.8) is 0 Å². The summed E-state index contributed by atoms with van der Waals surface area (Å²) in [5.74, 6) is -0.532. The molecule has 0 atom stereocenters. The fourth-order valence-corrected chi connectivity index (χ4v) is 3.72. The minimum absolute atomic E-state index is 0.210. The van der Waals surface area contributed by atoms with Gasteiger partial charge in [-0.3, -0.25) is 14.8 Å². The zero-order valence-electron chi connectivity index (χ0n) is 18.9. The zero-order valence-corrected chi connectivity index (χ0v) is 18.9. The van der Waals surface area contributed by atoms with Crippen LogP contribution in [0.5, 0.6) is 0 Å². The summed E-state index contributed by atoms with van der Waals surface area (Å²) in [6.45, 7) is 1.94. The number of anilines is 5. The van der Waals surface area contributed by atoms with E-state index >= 15 is 0 Å². The predicted octanol–water partition coefficient (Wildman–Crippen LogP) is 6.82. The van der Waals surface area contributed by atoms with Crippen molar-refractivity contribution >= 4 is 45.2 Å². The summed E-state index contributed by atoms with van der Waals surface area (Å²) < 4.78 is 13.7. The molecule has 3 aromatic carbocycles. The van der Waals surface area contributed by atoms with Crippen LogP contribution in [-0.2, 0) is 0 Å². The van der Waals surface area contributed by atoms with Crippen LogP contribution in [0, 0.1) is 12.7 Å². The van der Waals surface area contributed by atoms with Crippen LogP contribution in [0.25, 0.3) is 10.9 Å². The van der Waals surface area contributed by atoms with Gasteiger partial charge in [0.15, 0.2) is 0 Å². The standard InChI is InChI=1S/C28H22FN5O/c1-18-16-24(12-14-30-18)32-21-7-9-23(10-8-21)34-28(35)19-2-5-22(6-3-19)33-27-13-15-31-26-11-4-20(29)17-25(26)27/h2-17H,1H3,(H,30,32)(H,31,33)(H,34,35). The number of aryl methyl sites for hydroxylation is 1. The van der Waals surface area contributed by atoms with Crippen LogP contribution < -0.4 is 16.0 Å². The van der Waals surface area contributed by atoms with E-state index < -0.39 is 0 Å². The molecule has 7 heteroatoms. The van der Waals surface area contributed by atoms with Gasteiger partial charge in [0.1, 0.15) is 5.82 Å². The highest BCUT2D eigenvalue weighted by atomic mass is 19.1. The normalized spacial score (nSPS) is 10.7. The van der Waals surface area contributed by atoms with Crippen molar-refractivity contribution in [1.82, 2.24) is 9.97 Å². The van der Waals surface area contributed by atoms with E-state index in [1.165, 1.54) is 12.1 Å². The monoisotopic (exact) mass is 463 g/mol. The maximum atomic E-state index is 13.7. The Morgan fingerprint density at radius 1 is 0.714 bits per heavy atom. The number of amides is 1. The molecule has 5 rings (SSSR count). The molecule has 1 amide bonds. The number of halogens is 1. The van der Waals surface area contributed by atoms with E-state index in [4.69, 9.17) is 0 Å². The van der Waals surface area contributed by atoms with E-state index in [-0.39, 0.29) is 11.7 Å². The molecule has 0 aliphatic carbocycles. The van der Waals surface area contributed by atoms with Gasteiger partial charge in [0, 0.05) is 57.5 Å². The lowest BCUT2D eigenvalue weighted by molar-refractivity contribution is 0.102. The molecule has 0 unspecified atom stereocenters. The lowest BCUT2D eigenvalue weighted by atomic mass is 10.1. The van der Waals surface area contributed by atoms with Crippen molar-refractivity contribution in [2.24, 2.45) is 0 Å². The van der Waals surface area contributed by atoms with Crippen LogP contribution in [0.4, 0.5) is 32.8 Å². The SMILES string of the molecule is Cc1cc(Nc2ccc(NC(=O)c3ccc(Nc4ccnc5ccc(F)cc45)cc3)cc2)ccn1. The molecule has 35 heavy (non-hydrogen) atoms. The lowest BCUT2D eigenvalue weighted by Crippen LogP contribution is -2.11. The molecule has 0 saturated heterocycles. The molecule has 2 aromatic heterocycles. The van der Waals surface area contributed by atoms with Crippen LogP contribution in [0.1, 0.15) is 16.1 Å². The maximum absolute atomic E-state index is 13.7. The van der Waals surface area contributed by atoms with E-state index in [1.54, 1.807) is 36.7 Å². The number of nitrogens with one attached hydrogen (secondary N) is 3. The van der Waals surface area contributed by atoms with E-state index in [0.29, 0.717) is 22.2 Å². The van der Waals surface area contributed by atoms with Crippen molar-refractivity contribution in [3.8, 4) is 0 Å². The molecule has 0 fully saturated rings. The van der Waals surface area contributed by atoms with Crippen molar-refractivity contribution in [2.75, 3.05) is 16.0 Å². The molecule has 5 aromatic rings. The van der Waals surface area contributed by atoms with Gasteiger partial charge in [0.25, 0.3) is 5.91 Å². The largest absolute Gasteiger partial charge is 0.355 e. The van der Waals surface area contributed by atoms with Gasteiger partial charge in [0.2, 0.25) is 0 Å². The number of aromatic nitrogens is 2. The maximum Gasteiger partial charge on any atom is 0.255 e. The van der Waals surface area contributed by atoms with Crippen LogP contribution in [0.15, 0.2) is 97.3 Å². The van der Waals surface area contributed by atoms with Gasteiger partial charge in [-0.25, -0.2) is 4.39 Å². The molecular formula is C28H22FN5O. The average molecular weight is 464 g/mol. The second-order valence-electron chi connectivity index (χ2n) is 8.06. The first-order valence-corrected chi connectivity index (χ1v) is 11.1. The molecule has 0 bridgehead atoms. The van der Waals surface area contributed by atoms with Crippen LogP contribution >= 0.6 is 0 Å². The molecule has 2 heterocycles. The van der Waals surface area contributed by atoms with Crippen molar-refractivity contribution < 1.29 is 9.18 Å². The molecule has 0 aliphatic heterocycles. The number of carbonyl (C=O) groups is 1. The Hall–Kier alpha value is -4.78. The third-order valence-corrected chi connectivity index (χ3v) is 5.46. The molecule has 0 saturated carbocycles. The summed E-state index contributed by atoms with van der Waals surface area (Å²) in [7, 11) is 0. The number of hydrogen-bond acceptors (Lipinski definition) is 5. The number of pyridine rings is 2. The predicted molar refractivity (Wildman–Crippen MR) is 138 cm³/mol. The first-order valence-electron chi connectivity index (χ1n) is 11.1. The van der Waals surface area contributed by atoms with Gasteiger partial charge >= 0.3 is 0 Å². The molecule has 0 aliphatic rings. The van der Waals surface area contributed by atoms with Crippen molar-refractivity contribution in [1.29, 1.82) is 0 Å². The van der Waals surface area contributed by atoms with Crippen LogP contribution in [0.3, 0.4) is 0 Å². The minimum Gasteiger partial charge on any atom is -0.355 e. The minimum atomic E-state index is -0.322. The van der Waals surface area contributed by atoms with Crippen LogP contribution in [0.2, 0.25) is 0 Å². The average Bonchev–Trinajstić information content (AvgIpc) is 2.86. The Bertz CT molecular complexity index is 1500. The topological polar surface area (TPSA) is 78.9 Å². The number of rotatable bonds is 6. The Labute approximate surface area is 201 Å². The number of nitrogens with zero attached hydrogens (tertiary/aromatic N) is 2. The highest BCUT2D eigenvalue weighted by molar-refractivity contribution is 6.04. The summed E-state index contributed by atoms with van der Waals surface area (Å²) in [4.78, 5) is 21.2. The molecule has 6 nitrogen and oxygen atoms in total. The number of carbonyl (C=O) groups excluding carboxylic acids is 1. The van der Waals surface area contributed by atoms with Gasteiger partial charge < -0.3 is 16.0 Å². The Kier molecular flexibility index (Phi) is 6.05. The van der Waals surface area contributed by atoms with E-state index in [0.717, 1.165) is 28.4 Å². The van der Waals surface area contributed by atoms with E-state index in [1.807, 2.05) is 55.5 Å². The fraction of sp³-hybridized carbons (Fsp3) is 0.0357. The number of hydrogen-bond donors (Lipinski definition) is 3. The van der Waals surface area contributed by atoms with Crippen LogP contribution in [-0.4, -0.2) is 15.9 Å². The Balaban J connectivity index is 1.24. The highest BCUT2D eigenvalue weighted by Crippen LogP contribution is 2.26. The third-order valence-electron chi connectivity index (χ3n) is 5.46. The Morgan fingerprint density at radius 2 is 1.40 bits per heavy atom. The summed E-state index contributed by atoms with van der Waals surface area (Å²) in [6.07, 6.45) is 3.43. The second-order valence-corrected chi connectivity index (χ2v) is 8.06. The van der Waals surface area contributed by atoms with Gasteiger partial charge in [-0.2, -0.15) is 0 Å². The zero-order chi connectivity index (χ0) is 24.2. The summed E-state index contributed by atoms with van der Waals surface area (Å²) in [6, 6.07) is 24.7. The fourth-order valence-electron chi connectivity index (χ4n) is 3.72. The highest BCUT2D eigenvalue weighted by Gasteiger charge is 2.08. The quantitative estimate of drug-likeness (QED) is 0.258. The molecule has 0 spiro atoms. The molecule has 0 radical (unpaired) electrons. The Morgan fingerprint density at radius 3 is 2.17 bits per heavy atom. The lowest BCUT2D eigenvalue weighted by Gasteiger charge is -2.11. The molecular weight excluding hydrogens is 441 g/mol. The number of benzene rings is 3. The molecule has 172 valence electrons.